The van der Waals surface area contributed by atoms with Gasteiger partial charge in [0.25, 0.3) is 0 Å². The topological polar surface area (TPSA) is 134 Å². The number of esters is 2. The first-order valence-electron chi connectivity index (χ1n) is 16.8. The zero-order valence-corrected chi connectivity index (χ0v) is 32.5. The van der Waals surface area contributed by atoms with Gasteiger partial charge < -0.3 is 19.0 Å². The van der Waals surface area contributed by atoms with Gasteiger partial charge in [-0.2, -0.15) is 0 Å². The fraction of sp³-hybridized carbons (Fsp3) is 0.282. The molecule has 3 aromatic carbocycles. The van der Waals surface area contributed by atoms with Crippen LogP contribution in [0.3, 0.4) is 0 Å². The first-order chi connectivity index (χ1) is 26.1. The lowest BCUT2D eigenvalue weighted by Crippen LogP contribution is -2.62. The summed E-state index contributed by atoms with van der Waals surface area (Å²) in [6.45, 7) is 3.15. The number of aromatic nitrogens is 1. The van der Waals surface area contributed by atoms with Gasteiger partial charge in [0.05, 0.1) is 23.4 Å². The van der Waals surface area contributed by atoms with Crippen molar-refractivity contribution < 1.29 is 38.2 Å². The number of halogens is 2. The van der Waals surface area contributed by atoms with Crippen molar-refractivity contribution in [2.45, 2.75) is 44.5 Å². The minimum atomic E-state index is -1.23. The van der Waals surface area contributed by atoms with Gasteiger partial charge in [-0.25, -0.2) is 14.6 Å². The lowest BCUT2D eigenvalue weighted by molar-refractivity contribution is -0.160. The van der Waals surface area contributed by atoms with E-state index >= 15 is 0 Å². The summed E-state index contributed by atoms with van der Waals surface area (Å²) in [7, 11) is 1.56. The van der Waals surface area contributed by atoms with Crippen LogP contribution in [0.5, 0.6) is 5.75 Å². The van der Waals surface area contributed by atoms with Crippen LogP contribution in [-0.2, 0) is 40.1 Å². The van der Waals surface area contributed by atoms with E-state index in [0.717, 1.165) is 28.0 Å². The second-order valence-corrected chi connectivity index (χ2v) is 15.5. The second kappa shape index (κ2) is 17.6. The number of rotatable bonds is 15. The Morgan fingerprint density at radius 1 is 1.00 bits per heavy atom. The summed E-state index contributed by atoms with van der Waals surface area (Å²) in [6.07, 6.45) is -2.23. The molecule has 0 aliphatic carbocycles. The fourth-order valence-electron chi connectivity index (χ4n) is 5.89. The van der Waals surface area contributed by atoms with Crippen LogP contribution < -0.4 is 4.74 Å². The molecular weight excluding hydrogens is 773 g/mol. The molecule has 2 aliphatic heterocycles. The van der Waals surface area contributed by atoms with Gasteiger partial charge >= 0.3 is 11.9 Å². The number of Topliss-reactive ketones (excluding diaryl/α,β-unsaturated/α-hetero) is 1. The molecule has 1 saturated heterocycles. The third-order valence-electron chi connectivity index (χ3n) is 8.70. The first-order valence-corrected chi connectivity index (χ1v) is 19.6. The van der Waals surface area contributed by atoms with E-state index in [4.69, 9.17) is 42.3 Å². The normalized spacial score (nSPS) is 17.4. The van der Waals surface area contributed by atoms with E-state index in [1.165, 1.54) is 23.6 Å². The Kier molecular flexibility index (Phi) is 12.7. The number of amides is 1. The maximum Gasteiger partial charge on any atom is 0.355 e. The van der Waals surface area contributed by atoms with Crippen LogP contribution in [-0.4, -0.2) is 69.4 Å². The van der Waals surface area contributed by atoms with E-state index in [1.54, 1.807) is 38.3 Å². The molecule has 15 heteroatoms. The molecule has 11 nitrogen and oxygen atoms in total. The highest BCUT2D eigenvalue weighted by atomic mass is 35.5. The van der Waals surface area contributed by atoms with Gasteiger partial charge in [-0.05, 0) is 48.2 Å². The molecule has 0 bridgehead atoms. The van der Waals surface area contributed by atoms with E-state index < -0.39 is 47.1 Å². The summed E-state index contributed by atoms with van der Waals surface area (Å²) in [6, 6.07) is 25.6. The number of oxime groups is 1. The zero-order chi connectivity index (χ0) is 38.4. The van der Waals surface area contributed by atoms with E-state index in [2.05, 4.69) is 10.1 Å². The molecular formula is C39H35Cl2N3O8S2. The number of benzene rings is 3. The molecule has 2 aliphatic rings. The molecule has 280 valence electrons. The molecule has 0 N–H and O–H groups in total. The minimum absolute atomic E-state index is 0.0218. The van der Waals surface area contributed by atoms with Crippen molar-refractivity contribution >= 4 is 75.6 Å². The number of methoxy groups -OCH3 is 1. The number of hydrogen-bond donors (Lipinski definition) is 0. The van der Waals surface area contributed by atoms with Crippen LogP contribution in [0.4, 0.5) is 0 Å². The number of β-lactam (4-membered cyclic amide) rings is 1. The van der Waals surface area contributed by atoms with E-state index in [0.29, 0.717) is 22.1 Å². The molecule has 1 amide bonds. The van der Waals surface area contributed by atoms with E-state index in [9.17, 15) is 19.2 Å². The van der Waals surface area contributed by atoms with Gasteiger partial charge in [-0.15, -0.1) is 34.7 Å². The molecule has 4 aromatic rings. The number of fused-ring (bicyclic) bond motifs is 1. The minimum Gasteiger partial charge on any atom is -0.497 e. The Hall–Kier alpha value is -4.69. The first kappa shape index (κ1) is 39.0. The quantitative estimate of drug-likeness (QED) is 0.0397. The van der Waals surface area contributed by atoms with Crippen LogP contribution >= 0.6 is 46.3 Å². The third kappa shape index (κ3) is 8.65. The van der Waals surface area contributed by atoms with Gasteiger partial charge in [0.2, 0.25) is 12.0 Å². The molecule has 1 aromatic heterocycles. The highest BCUT2D eigenvalue weighted by Gasteiger charge is 2.54. The van der Waals surface area contributed by atoms with Crippen molar-refractivity contribution in [2.75, 3.05) is 18.7 Å². The summed E-state index contributed by atoms with van der Waals surface area (Å²) in [4.78, 5) is 65.7. The van der Waals surface area contributed by atoms with Crippen molar-refractivity contribution in [3.8, 4) is 5.75 Å². The summed E-state index contributed by atoms with van der Waals surface area (Å²) >= 11 is 15.2. The van der Waals surface area contributed by atoms with Crippen LogP contribution in [0.25, 0.3) is 0 Å². The zero-order valence-electron chi connectivity index (χ0n) is 29.4. The SMILES string of the molecule is COc1ccc(COC(=O)C2=C(CCl)CSC3[C@H](CC(=O)/C(=N\O[C@@H](C)C(=O)OC(c4ccccc4)c4ccccc4)c4nc(C)sc4Cl)C(=O)N23)cc1. The summed E-state index contributed by atoms with van der Waals surface area (Å²) < 4.78 is 16.9. The van der Waals surface area contributed by atoms with Crippen molar-refractivity contribution in [3.05, 3.63) is 128 Å². The number of aryl methyl sites for hydroxylation is 1. The molecule has 0 radical (unpaired) electrons. The smallest absolute Gasteiger partial charge is 0.355 e. The lowest BCUT2D eigenvalue weighted by atomic mass is 9.89. The predicted octanol–water partition coefficient (Wildman–Crippen LogP) is 7.28. The Balaban J connectivity index is 1.16. The number of nitrogens with zero attached hydrogens (tertiary/aromatic N) is 3. The second-order valence-electron chi connectivity index (χ2n) is 12.3. The summed E-state index contributed by atoms with van der Waals surface area (Å²) in [5, 5.41) is 4.14. The number of ether oxygens (including phenoxy) is 3. The maximum absolute atomic E-state index is 14.0. The highest BCUT2D eigenvalue weighted by Crippen LogP contribution is 2.46. The molecule has 54 heavy (non-hydrogen) atoms. The molecule has 1 unspecified atom stereocenters. The highest BCUT2D eigenvalue weighted by molar-refractivity contribution is 8.00. The number of thioether (sulfide) groups is 1. The fourth-order valence-corrected chi connectivity index (χ4v) is 8.74. The average Bonchev–Trinajstić information content (AvgIpc) is 3.54. The molecule has 0 saturated carbocycles. The monoisotopic (exact) mass is 807 g/mol. The number of alkyl halides is 1. The number of hydrogen-bond acceptors (Lipinski definition) is 12. The van der Waals surface area contributed by atoms with Gasteiger partial charge in [0.15, 0.2) is 17.6 Å². The van der Waals surface area contributed by atoms with Crippen LogP contribution in [0, 0.1) is 12.8 Å². The molecule has 3 atom stereocenters. The molecule has 3 heterocycles. The Morgan fingerprint density at radius 3 is 2.22 bits per heavy atom. The van der Waals surface area contributed by atoms with Crippen molar-refractivity contribution in [2.24, 2.45) is 11.1 Å². The average molecular weight is 809 g/mol. The molecule has 6 rings (SSSR count). The van der Waals surface area contributed by atoms with Gasteiger partial charge in [0, 0.05) is 18.1 Å². The standard InChI is InChI=1S/C39H35Cl2N3O8S2/c1-22(38(47)51-34(25-10-6-4-7-11-25)26-12-8-5-9-13-26)52-43-31(32-35(41)54-23(2)42-32)30(45)18-29-36(46)44-33(27(19-40)21-53-37(29)44)39(48)50-20-24-14-16-28(49-3)17-15-24/h4-17,22,29,34,37H,18-21H2,1-3H3/b43-31+/t22-,29+,37?/m0/s1. The number of ketones is 1. The lowest BCUT2D eigenvalue weighted by Gasteiger charge is -2.49. The van der Waals surface area contributed by atoms with Crippen LogP contribution in [0.2, 0.25) is 4.34 Å². The predicted molar refractivity (Wildman–Crippen MR) is 207 cm³/mol. The number of carbonyl (C=O) groups excluding carboxylic acids is 4. The molecule has 1 fully saturated rings. The third-order valence-corrected chi connectivity index (χ3v) is 11.6. The maximum atomic E-state index is 14.0. The number of carbonyl (C=O) groups is 4. The largest absolute Gasteiger partial charge is 0.497 e. The van der Waals surface area contributed by atoms with Crippen LogP contribution in [0.15, 0.2) is 101 Å². The van der Waals surface area contributed by atoms with Crippen molar-refractivity contribution in [1.29, 1.82) is 0 Å². The Morgan fingerprint density at radius 2 is 1.65 bits per heavy atom. The molecule has 0 spiro atoms. The van der Waals surface area contributed by atoms with Crippen LogP contribution in [0.1, 0.15) is 46.8 Å². The van der Waals surface area contributed by atoms with Crippen molar-refractivity contribution in [1.82, 2.24) is 9.88 Å². The van der Waals surface area contributed by atoms with Gasteiger partial charge in [-0.3, -0.25) is 14.5 Å². The van der Waals surface area contributed by atoms with Crippen molar-refractivity contribution in [3.63, 3.8) is 0 Å². The Labute approximate surface area is 330 Å². The van der Waals surface area contributed by atoms with Gasteiger partial charge in [-0.1, -0.05) is 89.6 Å². The summed E-state index contributed by atoms with van der Waals surface area (Å²) in [5.41, 5.74) is 2.72. The van der Waals surface area contributed by atoms with E-state index in [-0.39, 0.29) is 40.3 Å². The Bertz CT molecular complexity index is 2040. The summed E-state index contributed by atoms with van der Waals surface area (Å²) in [5.74, 6) is -2.18. The van der Waals surface area contributed by atoms with Gasteiger partial charge in [0.1, 0.15) is 28.1 Å². The van der Waals surface area contributed by atoms with E-state index in [1.807, 2.05) is 60.7 Å². The number of thiazole rings is 1.